The second kappa shape index (κ2) is 3.69. The van der Waals surface area contributed by atoms with Gasteiger partial charge in [0.25, 0.3) is 0 Å². The van der Waals surface area contributed by atoms with Crippen LogP contribution in [0.25, 0.3) is 0 Å². The third-order valence-electron chi connectivity index (χ3n) is 2.33. The number of hydrogen-bond acceptors (Lipinski definition) is 2. The molecule has 0 saturated carbocycles. The zero-order valence-corrected chi connectivity index (χ0v) is 8.23. The van der Waals surface area contributed by atoms with Crippen LogP contribution in [-0.2, 0) is 13.1 Å². The van der Waals surface area contributed by atoms with Crippen molar-refractivity contribution in [1.82, 2.24) is 20.0 Å². The van der Waals surface area contributed by atoms with Crippen LogP contribution in [0, 0.1) is 0 Å². The fourth-order valence-corrected chi connectivity index (χ4v) is 1.54. The van der Waals surface area contributed by atoms with Gasteiger partial charge in [-0.15, -0.1) is 0 Å². The minimum absolute atomic E-state index is 0.0225. The molecule has 0 atom stereocenters. The molecule has 2 rings (SSSR count). The molecule has 1 aliphatic rings. The lowest BCUT2D eigenvalue weighted by Gasteiger charge is -2.11. The first-order chi connectivity index (χ1) is 6.79. The van der Waals surface area contributed by atoms with E-state index in [2.05, 4.69) is 10.4 Å². The van der Waals surface area contributed by atoms with E-state index in [1.54, 1.807) is 4.90 Å². The smallest absolute Gasteiger partial charge is 0.317 e. The van der Waals surface area contributed by atoms with Gasteiger partial charge < -0.3 is 10.2 Å². The third kappa shape index (κ3) is 1.71. The molecule has 1 aromatic rings. The highest BCUT2D eigenvalue weighted by Gasteiger charge is 2.19. The molecule has 0 aromatic carbocycles. The van der Waals surface area contributed by atoms with Crippen LogP contribution in [0.3, 0.4) is 0 Å². The summed E-state index contributed by atoms with van der Waals surface area (Å²) >= 11 is 0. The molecular formula is C9H14N4O. The van der Waals surface area contributed by atoms with Crippen molar-refractivity contribution < 1.29 is 4.79 Å². The monoisotopic (exact) mass is 194 g/mol. The molecule has 1 saturated heterocycles. The second-order valence-corrected chi connectivity index (χ2v) is 3.36. The summed E-state index contributed by atoms with van der Waals surface area (Å²) in [5.74, 6) is 0. The molecule has 0 aliphatic carbocycles. The zero-order chi connectivity index (χ0) is 9.97. The van der Waals surface area contributed by atoms with Gasteiger partial charge in [-0.3, -0.25) is 4.68 Å². The van der Waals surface area contributed by atoms with Crippen molar-refractivity contribution in [1.29, 1.82) is 0 Å². The first-order valence-electron chi connectivity index (χ1n) is 4.83. The quantitative estimate of drug-likeness (QED) is 0.758. The molecule has 0 unspecified atom stereocenters. The number of nitrogens with one attached hydrogen (secondary N) is 1. The fraction of sp³-hybridized carbons (Fsp3) is 0.556. The maximum Gasteiger partial charge on any atom is 0.317 e. The molecule has 1 fully saturated rings. The number of carbonyl (C=O) groups is 1. The van der Waals surface area contributed by atoms with Gasteiger partial charge in [0.1, 0.15) is 0 Å². The molecule has 5 heteroatoms. The van der Waals surface area contributed by atoms with Crippen LogP contribution < -0.4 is 5.32 Å². The zero-order valence-electron chi connectivity index (χ0n) is 8.23. The summed E-state index contributed by atoms with van der Waals surface area (Å²) in [4.78, 5) is 13.0. The van der Waals surface area contributed by atoms with Crippen molar-refractivity contribution in [2.45, 2.75) is 20.0 Å². The van der Waals surface area contributed by atoms with Crippen LogP contribution in [-0.4, -0.2) is 33.8 Å². The summed E-state index contributed by atoms with van der Waals surface area (Å²) in [5, 5.41) is 6.93. The number of carbonyl (C=O) groups excluding carboxylic acids is 1. The van der Waals surface area contributed by atoms with Gasteiger partial charge in [-0.25, -0.2) is 4.79 Å². The van der Waals surface area contributed by atoms with Gasteiger partial charge >= 0.3 is 6.03 Å². The number of nitrogens with zero attached hydrogens (tertiary/aromatic N) is 3. The average molecular weight is 194 g/mol. The van der Waals surface area contributed by atoms with Crippen molar-refractivity contribution in [3.8, 4) is 0 Å². The van der Waals surface area contributed by atoms with Gasteiger partial charge in [-0.05, 0) is 6.92 Å². The highest BCUT2D eigenvalue weighted by molar-refractivity contribution is 5.76. The number of aryl methyl sites for hydroxylation is 1. The van der Waals surface area contributed by atoms with Crippen LogP contribution in [0.15, 0.2) is 12.4 Å². The minimum atomic E-state index is 0.0225. The topological polar surface area (TPSA) is 50.2 Å². The van der Waals surface area contributed by atoms with Gasteiger partial charge in [-0.2, -0.15) is 5.10 Å². The average Bonchev–Trinajstić information content (AvgIpc) is 2.77. The van der Waals surface area contributed by atoms with E-state index in [0.29, 0.717) is 6.54 Å². The Hall–Kier alpha value is -1.52. The predicted octanol–water partition coefficient (Wildman–Crippen LogP) is 0.428. The van der Waals surface area contributed by atoms with Crippen molar-refractivity contribution in [2.24, 2.45) is 0 Å². The first-order valence-corrected chi connectivity index (χ1v) is 4.83. The Morgan fingerprint density at radius 1 is 1.64 bits per heavy atom. The Morgan fingerprint density at radius 3 is 3.07 bits per heavy atom. The number of aromatic nitrogens is 2. The van der Waals surface area contributed by atoms with Crippen molar-refractivity contribution in [2.75, 3.05) is 13.1 Å². The Bertz CT molecular complexity index is 333. The molecule has 76 valence electrons. The van der Waals surface area contributed by atoms with Crippen molar-refractivity contribution in [3.63, 3.8) is 0 Å². The molecule has 0 spiro atoms. The van der Waals surface area contributed by atoms with Gasteiger partial charge in [-0.1, -0.05) is 0 Å². The molecule has 0 bridgehead atoms. The SMILES string of the molecule is CCn1cc(CN2CCNC2=O)cn1. The van der Waals surface area contributed by atoms with E-state index >= 15 is 0 Å². The van der Waals surface area contributed by atoms with Crippen LogP contribution >= 0.6 is 0 Å². The lowest BCUT2D eigenvalue weighted by molar-refractivity contribution is 0.215. The van der Waals surface area contributed by atoms with E-state index in [9.17, 15) is 4.79 Å². The Kier molecular flexibility index (Phi) is 2.39. The summed E-state index contributed by atoms with van der Waals surface area (Å²) in [6, 6.07) is 0.0225. The number of hydrogen-bond donors (Lipinski definition) is 1. The van der Waals surface area contributed by atoms with Crippen LogP contribution in [0.4, 0.5) is 4.79 Å². The van der Waals surface area contributed by atoms with Crippen molar-refractivity contribution in [3.05, 3.63) is 18.0 Å². The highest BCUT2D eigenvalue weighted by Crippen LogP contribution is 2.06. The van der Waals surface area contributed by atoms with E-state index in [1.807, 2.05) is 24.0 Å². The fourth-order valence-electron chi connectivity index (χ4n) is 1.54. The second-order valence-electron chi connectivity index (χ2n) is 3.36. The molecule has 2 heterocycles. The molecule has 0 radical (unpaired) electrons. The van der Waals surface area contributed by atoms with Gasteiger partial charge in [0, 0.05) is 31.4 Å². The number of rotatable bonds is 3. The van der Waals surface area contributed by atoms with Crippen LogP contribution in [0.5, 0.6) is 0 Å². The largest absolute Gasteiger partial charge is 0.336 e. The Balaban J connectivity index is 1.99. The standard InChI is InChI=1S/C9H14N4O/c1-2-13-7-8(5-11-13)6-12-4-3-10-9(12)14/h5,7H,2-4,6H2,1H3,(H,10,14). The molecule has 1 aromatic heterocycles. The maximum atomic E-state index is 11.2. The highest BCUT2D eigenvalue weighted by atomic mass is 16.2. The number of amides is 2. The van der Waals surface area contributed by atoms with Gasteiger partial charge in [0.2, 0.25) is 0 Å². The van der Waals surface area contributed by atoms with Gasteiger partial charge in [0.15, 0.2) is 0 Å². The van der Waals surface area contributed by atoms with Crippen LogP contribution in [0.2, 0.25) is 0 Å². The molecular weight excluding hydrogens is 180 g/mol. The molecule has 1 aliphatic heterocycles. The number of urea groups is 1. The lowest BCUT2D eigenvalue weighted by Crippen LogP contribution is -2.27. The Morgan fingerprint density at radius 2 is 2.50 bits per heavy atom. The maximum absolute atomic E-state index is 11.2. The summed E-state index contributed by atoms with van der Waals surface area (Å²) < 4.78 is 1.86. The van der Waals surface area contributed by atoms with E-state index in [0.717, 1.165) is 25.2 Å². The summed E-state index contributed by atoms with van der Waals surface area (Å²) in [5.41, 5.74) is 1.09. The normalized spacial score (nSPS) is 16.1. The first kappa shape index (κ1) is 9.05. The van der Waals surface area contributed by atoms with E-state index in [4.69, 9.17) is 0 Å². The molecule has 2 amide bonds. The van der Waals surface area contributed by atoms with E-state index in [-0.39, 0.29) is 6.03 Å². The third-order valence-corrected chi connectivity index (χ3v) is 2.33. The van der Waals surface area contributed by atoms with Gasteiger partial charge in [0.05, 0.1) is 12.7 Å². The summed E-state index contributed by atoms with van der Waals surface area (Å²) in [6.45, 7) is 5.11. The minimum Gasteiger partial charge on any atom is -0.336 e. The molecule has 14 heavy (non-hydrogen) atoms. The predicted molar refractivity (Wildman–Crippen MR) is 51.7 cm³/mol. The van der Waals surface area contributed by atoms with Crippen molar-refractivity contribution >= 4 is 6.03 Å². The summed E-state index contributed by atoms with van der Waals surface area (Å²) in [7, 11) is 0. The molecule has 1 N–H and O–H groups in total. The Labute approximate surface area is 82.7 Å². The molecule has 5 nitrogen and oxygen atoms in total. The lowest BCUT2D eigenvalue weighted by atomic mass is 10.3. The summed E-state index contributed by atoms with van der Waals surface area (Å²) in [6.07, 6.45) is 3.79. The van der Waals surface area contributed by atoms with E-state index < -0.39 is 0 Å². The van der Waals surface area contributed by atoms with Crippen LogP contribution in [0.1, 0.15) is 12.5 Å². The van der Waals surface area contributed by atoms with E-state index in [1.165, 1.54) is 0 Å².